The summed E-state index contributed by atoms with van der Waals surface area (Å²) in [5, 5.41) is 11.9. The highest BCUT2D eigenvalue weighted by Gasteiger charge is 2.37. The number of imide groups is 1. The standard InChI is InChI=1S/C14H6BrF4N3O5/c15-4-2-5(9(24)10(8(4)16)27-14(17,18)19)22-6(23)1-3-7(11(22)20)13(26)21-12(3)25/h1-2,24H,20H2,(H,21,25,26). The van der Waals surface area contributed by atoms with Gasteiger partial charge in [0.15, 0.2) is 11.6 Å². The minimum Gasteiger partial charge on any atom is -0.503 e. The van der Waals surface area contributed by atoms with Gasteiger partial charge < -0.3 is 15.6 Å². The van der Waals surface area contributed by atoms with Gasteiger partial charge in [-0.25, -0.2) is 4.39 Å². The van der Waals surface area contributed by atoms with Crippen LogP contribution in [0.4, 0.5) is 23.4 Å². The fraction of sp³-hybridized carbons (Fsp3) is 0.0714. The number of ether oxygens (including phenoxy) is 1. The molecule has 1 aliphatic rings. The molecule has 142 valence electrons. The minimum absolute atomic E-state index is 0.341. The number of hydrogen-bond donors (Lipinski definition) is 3. The largest absolute Gasteiger partial charge is 0.573 e. The summed E-state index contributed by atoms with van der Waals surface area (Å²) in [6.45, 7) is 0. The highest BCUT2D eigenvalue weighted by Crippen LogP contribution is 2.42. The van der Waals surface area contributed by atoms with Crippen molar-refractivity contribution in [1.82, 2.24) is 9.88 Å². The van der Waals surface area contributed by atoms with E-state index in [2.05, 4.69) is 20.7 Å². The predicted octanol–water partition coefficient (Wildman–Crippen LogP) is 1.81. The van der Waals surface area contributed by atoms with Crippen LogP contribution >= 0.6 is 15.9 Å². The molecule has 2 aromatic rings. The second-order valence-electron chi connectivity index (χ2n) is 5.19. The molecule has 1 aliphatic heterocycles. The maximum atomic E-state index is 14.0. The molecule has 2 amide bonds. The van der Waals surface area contributed by atoms with E-state index in [0.29, 0.717) is 10.6 Å². The van der Waals surface area contributed by atoms with Gasteiger partial charge >= 0.3 is 6.36 Å². The molecule has 0 fully saturated rings. The lowest BCUT2D eigenvalue weighted by molar-refractivity contribution is -0.276. The Morgan fingerprint density at radius 3 is 2.41 bits per heavy atom. The van der Waals surface area contributed by atoms with Crippen LogP contribution in [0.3, 0.4) is 0 Å². The Morgan fingerprint density at radius 1 is 1.19 bits per heavy atom. The van der Waals surface area contributed by atoms with E-state index >= 15 is 0 Å². The number of rotatable bonds is 2. The molecule has 0 radical (unpaired) electrons. The van der Waals surface area contributed by atoms with Gasteiger partial charge in [0.1, 0.15) is 5.82 Å². The van der Waals surface area contributed by atoms with Gasteiger partial charge in [-0.1, -0.05) is 0 Å². The highest BCUT2D eigenvalue weighted by atomic mass is 79.9. The van der Waals surface area contributed by atoms with Crippen molar-refractivity contribution in [2.45, 2.75) is 6.36 Å². The van der Waals surface area contributed by atoms with E-state index in [1.807, 2.05) is 5.32 Å². The number of nitrogen functional groups attached to an aromatic ring is 1. The van der Waals surface area contributed by atoms with Gasteiger partial charge in [-0.05, 0) is 22.0 Å². The van der Waals surface area contributed by atoms with Crippen LogP contribution in [0.5, 0.6) is 11.5 Å². The number of amides is 2. The number of aromatic hydroxyl groups is 1. The number of nitrogens with two attached hydrogens (primary N) is 1. The molecule has 0 saturated carbocycles. The fourth-order valence-electron chi connectivity index (χ4n) is 2.49. The van der Waals surface area contributed by atoms with Crippen molar-refractivity contribution in [3.8, 4) is 17.2 Å². The van der Waals surface area contributed by atoms with Crippen molar-refractivity contribution in [3.63, 3.8) is 0 Å². The molecule has 0 bridgehead atoms. The maximum Gasteiger partial charge on any atom is 0.573 e. The predicted molar refractivity (Wildman–Crippen MR) is 84.3 cm³/mol. The number of carbonyl (C=O) groups excluding carboxylic acids is 2. The average Bonchev–Trinajstić information content (AvgIpc) is 2.82. The summed E-state index contributed by atoms with van der Waals surface area (Å²) < 4.78 is 54.8. The summed E-state index contributed by atoms with van der Waals surface area (Å²) in [6, 6.07) is 1.46. The van der Waals surface area contributed by atoms with Gasteiger partial charge in [0.2, 0.25) is 5.75 Å². The van der Waals surface area contributed by atoms with E-state index in [-0.39, 0.29) is 5.56 Å². The van der Waals surface area contributed by atoms with Crippen LogP contribution in [0.25, 0.3) is 5.69 Å². The number of nitrogens with zero attached hydrogens (tertiary/aromatic N) is 1. The first-order chi connectivity index (χ1) is 12.4. The topological polar surface area (TPSA) is 124 Å². The Kier molecular flexibility index (Phi) is 4.14. The number of phenolic OH excluding ortho intramolecular Hbond substituents is 1. The van der Waals surface area contributed by atoms with E-state index in [1.165, 1.54) is 0 Å². The van der Waals surface area contributed by atoms with E-state index in [1.54, 1.807) is 0 Å². The number of aromatic nitrogens is 1. The fourth-order valence-corrected chi connectivity index (χ4v) is 2.88. The van der Waals surface area contributed by atoms with E-state index in [9.17, 15) is 37.1 Å². The van der Waals surface area contributed by atoms with Crippen molar-refractivity contribution < 1.29 is 37.0 Å². The number of anilines is 1. The lowest BCUT2D eigenvalue weighted by Crippen LogP contribution is -2.25. The molecule has 1 aromatic carbocycles. The van der Waals surface area contributed by atoms with Crippen molar-refractivity contribution in [1.29, 1.82) is 0 Å². The van der Waals surface area contributed by atoms with Crippen LogP contribution in [-0.4, -0.2) is 27.9 Å². The summed E-state index contributed by atoms with van der Waals surface area (Å²) in [5.41, 5.74) is 3.19. The van der Waals surface area contributed by atoms with Crippen LogP contribution in [-0.2, 0) is 0 Å². The van der Waals surface area contributed by atoms with Crippen molar-refractivity contribution in [2.24, 2.45) is 0 Å². The van der Waals surface area contributed by atoms with E-state index in [0.717, 1.165) is 6.07 Å². The monoisotopic (exact) mass is 451 g/mol. The Labute approximate surface area is 154 Å². The number of phenols is 1. The molecule has 0 unspecified atom stereocenters. The SMILES string of the molecule is Nc1c2c(cc(=O)n1-c1cc(Br)c(F)c(OC(F)(F)F)c1O)C(=O)NC2=O. The normalized spacial score (nSPS) is 13.5. The Bertz CT molecular complexity index is 1080. The summed E-state index contributed by atoms with van der Waals surface area (Å²) >= 11 is 2.65. The minimum atomic E-state index is -5.35. The molecule has 4 N–H and O–H groups in total. The summed E-state index contributed by atoms with van der Waals surface area (Å²) in [7, 11) is 0. The van der Waals surface area contributed by atoms with Gasteiger partial charge in [0.05, 0.1) is 21.3 Å². The smallest absolute Gasteiger partial charge is 0.503 e. The first-order valence-electron chi connectivity index (χ1n) is 6.80. The number of carbonyl (C=O) groups is 2. The van der Waals surface area contributed by atoms with Crippen LogP contribution in [0.15, 0.2) is 21.4 Å². The average molecular weight is 452 g/mol. The number of benzene rings is 1. The van der Waals surface area contributed by atoms with Crippen LogP contribution in [0.2, 0.25) is 0 Å². The number of hydrogen-bond acceptors (Lipinski definition) is 6. The first-order valence-corrected chi connectivity index (χ1v) is 7.60. The van der Waals surface area contributed by atoms with Gasteiger partial charge in [-0.2, -0.15) is 0 Å². The second kappa shape index (κ2) is 5.97. The van der Waals surface area contributed by atoms with E-state index in [4.69, 9.17) is 5.73 Å². The zero-order chi connectivity index (χ0) is 20.3. The van der Waals surface area contributed by atoms with Gasteiger partial charge in [-0.15, -0.1) is 13.2 Å². The zero-order valence-electron chi connectivity index (χ0n) is 12.6. The molecular weight excluding hydrogens is 446 g/mol. The number of alkyl halides is 3. The third-order valence-corrected chi connectivity index (χ3v) is 4.12. The maximum absolute atomic E-state index is 14.0. The summed E-state index contributed by atoms with van der Waals surface area (Å²) in [4.78, 5) is 35.7. The molecule has 0 aliphatic carbocycles. The molecule has 2 heterocycles. The number of pyridine rings is 1. The van der Waals surface area contributed by atoms with Crippen LogP contribution in [0.1, 0.15) is 20.7 Å². The van der Waals surface area contributed by atoms with Crippen molar-refractivity contribution in [3.05, 3.63) is 43.9 Å². The molecule has 3 rings (SSSR count). The van der Waals surface area contributed by atoms with Crippen molar-refractivity contribution in [2.75, 3.05) is 5.73 Å². The molecular formula is C14H6BrF4N3O5. The lowest BCUT2D eigenvalue weighted by atomic mass is 10.1. The zero-order valence-corrected chi connectivity index (χ0v) is 14.2. The highest BCUT2D eigenvalue weighted by molar-refractivity contribution is 9.10. The second-order valence-corrected chi connectivity index (χ2v) is 6.05. The van der Waals surface area contributed by atoms with E-state index < -0.39 is 62.6 Å². The molecule has 1 aromatic heterocycles. The van der Waals surface area contributed by atoms with Crippen molar-refractivity contribution >= 4 is 33.6 Å². The summed E-state index contributed by atoms with van der Waals surface area (Å²) in [5.74, 6) is -7.09. The number of fused-ring (bicyclic) bond motifs is 1. The number of halogens is 5. The molecule has 0 saturated heterocycles. The molecule has 27 heavy (non-hydrogen) atoms. The van der Waals surface area contributed by atoms with Gasteiger partial charge in [-0.3, -0.25) is 24.3 Å². The molecule has 8 nitrogen and oxygen atoms in total. The molecule has 0 atom stereocenters. The Morgan fingerprint density at radius 2 is 1.81 bits per heavy atom. The molecule has 0 spiro atoms. The van der Waals surface area contributed by atoms with Gasteiger partial charge in [0, 0.05) is 6.07 Å². The number of nitrogens with one attached hydrogen (secondary N) is 1. The third kappa shape index (κ3) is 2.99. The Balaban J connectivity index is 2.34. The van der Waals surface area contributed by atoms with Crippen LogP contribution < -0.4 is 21.3 Å². The quantitative estimate of drug-likeness (QED) is 0.472. The third-order valence-electron chi connectivity index (χ3n) is 3.54. The summed E-state index contributed by atoms with van der Waals surface area (Å²) in [6.07, 6.45) is -5.35. The first kappa shape index (κ1) is 18.7. The lowest BCUT2D eigenvalue weighted by Gasteiger charge is -2.17. The van der Waals surface area contributed by atoms with Crippen LogP contribution in [0, 0.1) is 5.82 Å². The Hall–Kier alpha value is -3.09. The van der Waals surface area contributed by atoms with Gasteiger partial charge in [0.25, 0.3) is 17.4 Å². The molecule has 13 heteroatoms.